The van der Waals surface area contributed by atoms with Gasteiger partial charge in [-0.3, -0.25) is 10.1 Å². The number of hydrogen-bond donors (Lipinski definition) is 2. The molecule has 72 valence electrons. The second kappa shape index (κ2) is 3.22. The number of nitrogens with one attached hydrogen (secondary N) is 2. The first-order valence-corrected chi connectivity index (χ1v) is 4.41. The molecular formula is C8H8N4OS. The monoisotopic (exact) mass is 208 g/mol. The lowest BCUT2D eigenvalue weighted by molar-refractivity contribution is 0.961. The van der Waals surface area contributed by atoms with Crippen molar-refractivity contribution in [2.45, 2.75) is 6.92 Å². The van der Waals surface area contributed by atoms with Crippen molar-refractivity contribution in [3.8, 4) is 5.69 Å². The van der Waals surface area contributed by atoms with Crippen molar-refractivity contribution >= 4 is 12.2 Å². The predicted molar refractivity (Wildman–Crippen MR) is 54.1 cm³/mol. The van der Waals surface area contributed by atoms with Crippen molar-refractivity contribution in [1.29, 1.82) is 0 Å². The normalized spacial score (nSPS) is 10.4. The van der Waals surface area contributed by atoms with E-state index in [0.29, 0.717) is 10.5 Å². The summed E-state index contributed by atoms with van der Waals surface area (Å²) in [6.45, 7) is 1.90. The summed E-state index contributed by atoms with van der Waals surface area (Å²) in [5.41, 5.74) is 1.35. The zero-order valence-corrected chi connectivity index (χ0v) is 8.26. The lowest BCUT2D eigenvalue weighted by atomic mass is 10.3. The van der Waals surface area contributed by atoms with Gasteiger partial charge in [0.05, 0.1) is 11.9 Å². The Morgan fingerprint density at radius 1 is 1.43 bits per heavy atom. The second-order valence-electron chi connectivity index (χ2n) is 2.92. The minimum atomic E-state index is -0.289. The summed E-state index contributed by atoms with van der Waals surface area (Å²) < 4.78 is 1.69. The highest BCUT2D eigenvalue weighted by atomic mass is 32.1. The molecule has 2 aromatic rings. The van der Waals surface area contributed by atoms with Gasteiger partial charge in [-0.2, -0.15) is 0 Å². The van der Waals surface area contributed by atoms with Crippen molar-refractivity contribution in [2.75, 3.05) is 0 Å². The van der Waals surface area contributed by atoms with Gasteiger partial charge in [-0.05, 0) is 30.8 Å². The highest BCUT2D eigenvalue weighted by molar-refractivity contribution is 7.71. The minimum absolute atomic E-state index is 0.289. The molecule has 0 saturated carbocycles. The topological polar surface area (TPSA) is 66.5 Å². The quantitative estimate of drug-likeness (QED) is 0.685. The third kappa shape index (κ3) is 1.39. The van der Waals surface area contributed by atoms with Crippen LogP contribution in [0, 0.1) is 11.7 Å². The summed E-state index contributed by atoms with van der Waals surface area (Å²) in [4.78, 5) is 15.3. The van der Waals surface area contributed by atoms with E-state index in [0.717, 1.165) is 5.56 Å². The first-order chi connectivity index (χ1) is 6.68. The fraction of sp³-hybridized carbons (Fsp3) is 0.125. The van der Waals surface area contributed by atoms with Crippen LogP contribution in [0.4, 0.5) is 0 Å². The molecule has 5 nitrogen and oxygen atoms in total. The molecule has 0 saturated heterocycles. The number of H-pyrrole nitrogens is 2. The van der Waals surface area contributed by atoms with E-state index >= 15 is 0 Å². The Morgan fingerprint density at radius 3 is 2.79 bits per heavy atom. The predicted octanol–water partition coefficient (Wildman–Crippen LogP) is 0.927. The molecule has 0 aliphatic rings. The molecule has 2 aromatic heterocycles. The molecule has 0 aliphatic heterocycles. The van der Waals surface area contributed by atoms with E-state index in [-0.39, 0.29) is 5.69 Å². The van der Waals surface area contributed by atoms with Crippen LogP contribution in [0.3, 0.4) is 0 Å². The first kappa shape index (κ1) is 8.89. The van der Waals surface area contributed by atoms with Crippen LogP contribution >= 0.6 is 12.2 Å². The minimum Gasteiger partial charge on any atom is -0.272 e. The van der Waals surface area contributed by atoms with E-state index in [1.807, 2.05) is 13.0 Å². The van der Waals surface area contributed by atoms with E-state index in [4.69, 9.17) is 12.2 Å². The molecule has 0 atom stereocenters. The van der Waals surface area contributed by atoms with E-state index in [2.05, 4.69) is 15.2 Å². The zero-order chi connectivity index (χ0) is 10.1. The van der Waals surface area contributed by atoms with Gasteiger partial charge in [0.2, 0.25) is 4.77 Å². The molecule has 0 bridgehead atoms. The molecule has 0 radical (unpaired) electrons. The van der Waals surface area contributed by atoms with E-state index in [1.165, 1.54) is 4.57 Å². The van der Waals surface area contributed by atoms with Gasteiger partial charge in [-0.25, -0.2) is 14.5 Å². The van der Waals surface area contributed by atoms with Crippen molar-refractivity contribution in [1.82, 2.24) is 19.7 Å². The number of aromatic nitrogens is 4. The number of aromatic amines is 2. The van der Waals surface area contributed by atoms with Gasteiger partial charge < -0.3 is 0 Å². The van der Waals surface area contributed by atoms with Crippen LogP contribution in [0.15, 0.2) is 23.3 Å². The van der Waals surface area contributed by atoms with Crippen molar-refractivity contribution in [3.05, 3.63) is 39.3 Å². The Morgan fingerprint density at radius 2 is 2.21 bits per heavy atom. The Bertz CT molecular complexity index is 537. The summed E-state index contributed by atoms with van der Waals surface area (Å²) in [7, 11) is 0. The molecule has 6 heteroatoms. The van der Waals surface area contributed by atoms with Crippen molar-refractivity contribution in [2.24, 2.45) is 0 Å². The van der Waals surface area contributed by atoms with Gasteiger partial charge in [0.25, 0.3) is 0 Å². The zero-order valence-electron chi connectivity index (χ0n) is 7.44. The van der Waals surface area contributed by atoms with E-state index < -0.39 is 0 Å². The molecular weight excluding hydrogens is 200 g/mol. The molecule has 2 N–H and O–H groups in total. The fourth-order valence-corrected chi connectivity index (χ4v) is 1.45. The molecule has 0 spiro atoms. The van der Waals surface area contributed by atoms with Crippen LogP contribution < -0.4 is 5.69 Å². The van der Waals surface area contributed by atoms with Gasteiger partial charge >= 0.3 is 5.69 Å². The summed E-state index contributed by atoms with van der Waals surface area (Å²) in [5, 5.41) is 4.97. The van der Waals surface area contributed by atoms with E-state index in [9.17, 15) is 4.79 Å². The number of hydrogen-bond acceptors (Lipinski definition) is 3. The van der Waals surface area contributed by atoms with Crippen LogP contribution in [0.25, 0.3) is 5.69 Å². The molecule has 0 fully saturated rings. The van der Waals surface area contributed by atoms with Crippen LogP contribution in [0.1, 0.15) is 5.56 Å². The molecule has 2 heterocycles. The van der Waals surface area contributed by atoms with Gasteiger partial charge in [0.15, 0.2) is 0 Å². The molecule has 0 amide bonds. The van der Waals surface area contributed by atoms with Gasteiger partial charge in [0, 0.05) is 6.20 Å². The third-order valence-electron chi connectivity index (χ3n) is 1.80. The number of pyridine rings is 1. The van der Waals surface area contributed by atoms with Crippen LogP contribution in [0.5, 0.6) is 0 Å². The lowest BCUT2D eigenvalue weighted by Gasteiger charge is -1.99. The van der Waals surface area contributed by atoms with E-state index in [1.54, 1.807) is 12.4 Å². The van der Waals surface area contributed by atoms with Crippen molar-refractivity contribution < 1.29 is 0 Å². The third-order valence-corrected chi connectivity index (χ3v) is 2.09. The molecule has 0 aliphatic carbocycles. The Labute approximate surface area is 84.4 Å². The first-order valence-electron chi connectivity index (χ1n) is 4.00. The van der Waals surface area contributed by atoms with Crippen LogP contribution in [-0.2, 0) is 0 Å². The maximum Gasteiger partial charge on any atom is 0.347 e. The lowest BCUT2D eigenvalue weighted by Crippen LogP contribution is -2.15. The highest BCUT2D eigenvalue weighted by Gasteiger charge is 2.02. The number of aryl methyl sites for hydroxylation is 1. The van der Waals surface area contributed by atoms with Gasteiger partial charge in [-0.1, -0.05) is 0 Å². The van der Waals surface area contributed by atoms with Crippen LogP contribution in [-0.4, -0.2) is 19.7 Å². The molecule has 14 heavy (non-hydrogen) atoms. The molecule has 2 rings (SSSR count). The Balaban J connectivity index is 2.72. The fourth-order valence-electron chi connectivity index (χ4n) is 1.21. The number of rotatable bonds is 1. The maximum absolute atomic E-state index is 11.3. The summed E-state index contributed by atoms with van der Waals surface area (Å²) in [6.07, 6.45) is 3.31. The smallest absolute Gasteiger partial charge is 0.272 e. The summed E-state index contributed by atoms with van der Waals surface area (Å²) in [5.74, 6) is 0. The number of nitrogens with zero attached hydrogens (tertiary/aromatic N) is 2. The molecule has 0 aromatic carbocycles. The van der Waals surface area contributed by atoms with Crippen molar-refractivity contribution in [3.63, 3.8) is 0 Å². The summed E-state index contributed by atoms with van der Waals surface area (Å²) >= 11 is 4.95. The largest absolute Gasteiger partial charge is 0.347 e. The SMILES string of the molecule is Cc1cncc(-n2c(=O)[nH][nH]c2=S)c1. The van der Waals surface area contributed by atoms with Crippen LogP contribution in [0.2, 0.25) is 0 Å². The average Bonchev–Trinajstić information content (AvgIpc) is 2.46. The molecule has 0 unspecified atom stereocenters. The standard InChI is InChI=1S/C8H8N4OS/c1-5-2-6(4-9-3-5)12-7(13)10-11-8(12)14/h2-4H,1H3,(H,10,13)(H,11,14). The van der Waals surface area contributed by atoms with Gasteiger partial charge in [-0.15, -0.1) is 0 Å². The average molecular weight is 208 g/mol. The maximum atomic E-state index is 11.3. The summed E-state index contributed by atoms with van der Waals surface area (Å²) in [6, 6.07) is 1.84. The Hall–Kier alpha value is -1.69. The van der Waals surface area contributed by atoms with Gasteiger partial charge in [0.1, 0.15) is 0 Å². The Kier molecular flexibility index (Phi) is 2.05. The second-order valence-corrected chi connectivity index (χ2v) is 3.30. The highest BCUT2D eigenvalue weighted by Crippen LogP contribution is 2.04.